The van der Waals surface area contributed by atoms with Crippen LogP contribution in [-0.4, -0.2) is 58.1 Å². The van der Waals surface area contributed by atoms with Gasteiger partial charge in [-0.2, -0.15) is 0 Å². The van der Waals surface area contributed by atoms with Gasteiger partial charge in [0.15, 0.2) is 0 Å². The number of methoxy groups -OCH3 is 1. The van der Waals surface area contributed by atoms with Crippen molar-refractivity contribution in [3.8, 4) is 5.75 Å². The number of piperazine rings is 1. The van der Waals surface area contributed by atoms with Gasteiger partial charge in [0, 0.05) is 37.3 Å². The second kappa shape index (κ2) is 6.70. The average molecular weight is 353 g/mol. The predicted octanol–water partition coefficient (Wildman–Crippen LogP) is 0.570. The summed E-state index contributed by atoms with van der Waals surface area (Å²) >= 11 is 0. The lowest BCUT2D eigenvalue weighted by atomic mass is 10.1. The molecule has 3 rings (SSSR count). The first-order valence-electron chi connectivity index (χ1n) is 8.14. The lowest BCUT2D eigenvalue weighted by molar-refractivity contribution is 0.0655. The molecule has 132 valence electrons. The summed E-state index contributed by atoms with van der Waals surface area (Å²) in [7, 11) is -2.28. The van der Waals surface area contributed by atoms with Crippen LogP contribution in [0, 0.1) is 0 Å². The Hall–Kier alpha value is -1.64. The van der Waals surface area contributed by atoms with Gasteiger partial charge in [-0.3, -0.25) is 4.79 Å². The Morgan fingerprint density at radius 2 is 2.12 bits per heavy atom. The van der Waals surface area contributed by atoms with E-state index in [-0.39, 0.29) is 28.6 Å². The number of hydrogen-bond acceptors (Lipinski definition) is 5. The van der Waals surface area contributed by atoms with Crippen LogP contribution < -0.4 is 14.8 Å². The van der Waals surface area contributed by atoms with Gasteiger partial charge in [0.25, 0.3) is 5.91 Å². The zero-order valence-electron chi connectivity index (χ0n) is 13.9. The smallest absolute Gasteiger partial charge is 0.254 e. The van der Waals surface area contributed by atoms with Gasteiger partial charge in [0.05, 0.1) is 7.11 Å². The fourth-order valence-electron chi connectivity index (χ4n) is 2.81. The minimum absolute atomic E-state index is 0.00717. The van der Waals surface area contributed by atoms with Crippen molar-refractivity contribution in [2.75, 3.05) is 26.7 Å². The quantitative estimate of drug-likeness (QED) is 0.808. The Balaban J connectivity index is 1.92. The number of hydrogen-bond donors (Lipinski definition) is 2. The van der Waals surface area contributed by atoms with Crippen LogP contribution in [0.3, 0.4) is 0 Å². The Morgan fingerprint density at radius 3 is 2.75 bits per heavy atom. The van der Waals surface area contributed by atoms with E-state index >= 15 is 0 Å². The van der Waals surface area contributed by atoms with E-state index in [1.807, 2.05) is 6.92 Å². The molecule has 1 amide bonds. The molecule has 7 nitrogen and oxygen atoms in total. The van der Waals surface area contributed by atoms with Gasteiger partial charge in [-0.05, 0) is 38.0 Å². The highest BCUT2D eigenvalue weighted by atomic mass is 32.2. The fraction of sp³-hybridized carbons (Fsp3) is 0.562. The molecule has 0 bridgehead atoms. The Kier molecular flexibility index (Phi) is 4.80. The van der Waals surface area contributed by atoms with Crippen LogP contribution in [0.2, 0.25) is 0 Å². The summed E-state index contributed by atoms with van der Waals surface area (Å²) in [5, 5.41) is 3.23. The molecule has 2 aliphatic rings. The van der Waals surface area contributed by atoms with Crippen LogP contribution in [0.4, 0.5) is 0 Å². The number of carbonyl (C=O) groups is 1. The molecule has 1 atom stereocenters. The van der Waals surface area contributed by atoms with Gasteiger partial charge < -0.3 is 15.0 Å². The minimum Gasteiger partial charge on any atom is -0.495 e. The van der Waals surface area contributed by atoms with E-state index < -0.39 is 10.0 Å². The summed E-state index contributed by atoms with van der Waals surface area (Å²) < 4.78 is 32.9. The first-order valence-corrected chi connectivity index (χ1v) is 9.63. The Labute approximate surface area is 142 Å². The molecule has 1 saturated carbocycles. The first-order chi connectivity index (χ1) is 11.4. The maximum atomic E-state index is 12.8. The number of carbonyl (C=O) groups excluding carboxylic acids is 1. The van der Waals surface area contributed by atoms with Crippen molar-refractivity contribution in [3.63, 3.8) is 0 Å². The van der Waals surface area contributed by atoms with Crippen LogP contribution in [-0.2, 0) is 10.0 Å². The van der Waals surface area contributed by atoms with Crippen molar-refractivity contribution in [2.45, 2.75) is 36.7 Å². The van der Waals surface area contributed by atoms with Crippen molar-refractivity contribution in [2.24, 2.45) is 0 Å². The molecule has 0 unspecified atom stereocenters. The van der Waals surface area contributed by atoms with Crippen LogP contribution >= 0.6 is 0 Å². The highest BCUT2D eigenvalue weighted by Gasteiger charge is 2.31. The SMILES string of the molecule is COc1ccc(C(=O)N2CCNC[C@H]2C)cc1S(=O)(=O)NC1CC1. The molecular weight excluding hydrogens is 330 g/mol. The Bertz CT molecular complexity index is 731. The zero-order valence-corrected chi connectivity index (χ0v) is 14.7. The van der Waals surface area contributed by atoms with Gasteiger partial charge >= 0.3 is 0 Å². The highest BCUT2D eigenvalue weighted by molar-refractivity contribution is 7.89. The normalized spacial score (nSPS) is 21.6. The van der Waals surface area contributed by atoms with Gasteiger partial charge in [-0.25, -0.2) is 13.1 Å². The molecule has 0 spiro atoms. The van der Waals surface area contributed by atoms with E-state index in [9.17, 15) is 13.2 Å². The van der Waals surface area contributed by atoms with Crippen LogP contribution in [0.15, 0.2) is 23.1 Å². The van der Waals surface area contributed by atoms with Gasteiger partial charge in [-0.1, -0.05) is 0 Å². The molecule has 1 aliphatic heterocycles. The second-order valence-electron chi connectivity index (χ2n) is 6.31. The topological polar surface area (TPSA) is 87.7 Å². The molecule has 1 aromatic rings. The summed E-state index contributed by atoms with van der Waals surface area (Å²) in [6.07, 6.45) is 1.69. The summed E-state index contributed by atoms with van der Waals surface area (Å²) in [4.78, 5) is 14.6. The van der Waals surface area contributed by atoms with Crippen LogP contribution in [0.5, 0.6) is 5.75 Å². The average Bonchev–Trinajstić information content (AvgIpc) is 3.37. The summed E-state index contributed by atoms with van der Waals surface area (Å²) in [5.41, 5.74) is 0.362. The molecule has 0 aromatic heterocycles. The number of nitrogens with zero attached hydrogens (tertiary/aromatic N) is 1. The molecule has 1 aromatic carbocycles. The molecule has 0 radical (unpaired) electrons. The standard InChI is InChI=1S/C16H23N3O4S/c1-11-10-17-7-8-19(11)16(20)12-3-6-14(23-2)15(9-12)24(21,22)18-13-4-5-13/h3,6,9,11,13,17-18H,4-5,7-8,10H2,1-2H3/t11-/m1/s1. The Morgan fingerprint density at radius 1 is 1.38 bits per heavy atom. The monoisotopic (exact) mass is 353 g/mol. The molecule has 1 aliphatic carbocycles. The van der Waals surface area contributed by atoms with Crippen molar-refractivity contribution in [1.29, 1.82) is 0 Å². The molecule has 8 heteroatoms. The molecule has 2 N–H and O–H groups in total. The zero-order chi connectivity index (χ0) is 17.3. The second-order valence-corrected chi connectivity index (χ2v) is 8.00. The number of amides is 1. The van der Waals surface area contributed by atoms with Gasteiger partial charge in [0.2, 0.25) is 10.0 Å². The van der Waals surface area contributed by atoms with Crippen molar-refractivity contribution < 1.29 is 17.9 Å². The van der Waals surface area contributed by atoms with Crippen LogP contribution in [0.1, 0.15) is 30.1 Å². The fourth-order valence-corrected chi connectivity index (χ4v) is 4.31. The van der Waals surface area contributed by atoms with Crippen molar-refractivity contribution in [3.05, 3.63) is 23.8 Å². The number of sulfonamides is 1. The van der Waals surface area contributed by atoms with E-state index in [1.54, 1.807) is 17.0 Å². The molecular formula is C16H23N3O4S. The number of nitrogens with one attached hydrogen (secondary N) is 2. The van der Waals surface area contributed by atoms with Crippen molar-refractivity contribution >= 4 is 15.9 Å². The predicted molar refractivity (Wildman–Crippen MR) is 89.7 cm³/mol. The highest BCUT2D eigenvalue weighted by Crippen LogP contribution is 2.29. The summed E-state index contributed by atoms with van der Waals surface area (Å²) in [6, 6.07) is 4.64. The molecule has 1 heterocycles. The van der Waals surface area contributed by atoms with E-state index in [0.29, 0.717) is 12.1 Å². The van der Waals surface area contributed by atoms with Gasteiger partial charge in [-0.15, -0.1) is 0 Å². The van der Waals surface area contributed by atoms with E-state index in [2.05, 4.69) is 10.0 Å². The number of benzene rings is 1. The molecule has 2 fully saturated rings. The van der Waals surface area contributed by atoms with Crippen molar-refractivity contribution in [1.82, 2.24) is 14.9 Å². The van der Waals surface area contributed by atoms with E-state index in [1.165, 1.54) is 13.2 Å². The van der Waals surface area contributed by atoms with Crippen LogP contribution in [0.25, 0.3) is 0 Å². The summed E-state index contributed by atoms with van der Waals surface area (Å²) in [5.74, 6) is 0.0857. The first kappa shape index (κ1) is 17.2. The lowest BCUT2D eigenvalue weighted by Crippen LogP contribution is -2.52. The third kappa shape index (κ3) is 3.55. The third-order valence-electron chi connectivity index (χ3n) is 4.36. The largest absolute Gasteiger partial charge is 0.495 e. The molecule has 24 heavy (non-hydrogen) atoms. The number of rotatable bonds is 5. The van der Waals surface area contributed by atoms with E-state index in [0.717, 1.165) is 25.9 Å². The third-order valence-corrected chi connectivity index (χ3v) is 5.90. The number of ether oxygens (including phenoxy) is 1. The minimum atomic E-state index is -3.70. The molecule has 1 saturated heterocycles. The lowest BCUT2D eigenvalue weighted by Gasteiger charge is -2.34. The van der Waals surface area contributed by atoms with E-state index in [4.69, 9.17) is 4.74 Å². The maximum Gasteiger partial charge on any atom is 0.254 e. The van der Waals surface area contributed by atoms with Gasteiger partial charge in [0.1, 0.15) is 10.6 Å². The summed E-state index contributed by atoms with van der Waals surface area (Å²) in [6.45, 7) is 4.05. The maximum absolute atomic E-state index is 12.8.